The van der Waals surface area contributed by atoms with Gasteiger partial charge in [-0.25, -0.2) is 9.59 Å². The molecule has 1 aliphatic heterocycles. The quantitative estimate of drug-likeness (QED) is 0.595. The van der Waals surface area contributed by atoms with Gasteiger partial charge in [0.05, 0.1) is 0 Å². The maximum Gasteiger partial charge on any atom is 0.344 e. The van der Waals surface area contributed by atoms with Crippen molar-refractivity contribution in [2.24, 2.45) is 5.92 Å². The Balaban J connectivity index is 2.35. The standard InChI is InChI=1S/C16H22BrN2O6P/c1-10(2)7-18(9-26(23,24)25)16(22)19-8-12-5-13(17)4-3-11(12)6-14(19)15(20)21/h3-5,10,14H,6-9H2,1-2H3,(H,20,21)(H2,23,24,25)/t14-/m1/s1. The average molecular weight is 449 g/mol. The van der Waals surface area contributed by atoms with Crippen LogP contribution in [0.5, 0.6) is 0 Å². The molecule has 0 spiro atoms. The van der Waals surface area contributed by atoms with E-state index >= 15 is 0 Å². The van der Waals surface area contributed by atoms with Gasteiger partial charge in [0.15, 0.2) is 0 Å². The van der Waals surface area contributed by atoms with E-state index in [1.165, 1.54) is 4.90 Å². The van der Waals surface area contributed by atoms with Crippen molar-refractivity contribution in [1.29, 1.82) is 0 Å². The first-order chi connectivity index (χ1) is 12.0. The summed E-state index contributed by atoms with van der Waals surface area (Å²) in [5.41, 5.74) is 1.65. The number of hydrogen-bond donors (Lipinski definition) is 3. The van der Waals surface area contributed by atoms with Crippen molar-refractivity contribution in [1.82, 2.24) is 9.80 Å². The highest BCUT2D eigenvalue weighted by Gasteiger charge is 2.38. The van der Waals surface area contributed by atoms with Gasteiger partial charge in [-0.15, -0.1) is 0 Å². The van der Waals surface area contributed by atoms with Crippen molar-refractivity contribution < 1.29 is 29.0 Å². The van der Waals surface area contributed by atoms with Crippen molar-refractivity contribution in [3.05, 3.63) is 33.8 Å². The summed E-state index contributed by atoms with van der Waals surface area (Å²) >= 11 is 3.36. The average Bonchev–Trinajstić information content (AvgIpc) is 2.50. The molecule has 26 heavy (non-hydrogen) atoms. The summed E-state index contributed by atoms with van der Waals surface area (Å²) in [5, 5.41) is 9.56. The molecule has 2 rings (SSSR count). The Morgan fingerprint density at radius 1 is 1.35 bits per heavy atom. The van der Waals surface area contributed by atoms with Crippen molar-refractivity contribution in [3.63, 3.8) is 0 Å². The molecule has 10 heteroatoms. The van der Waals surface area contributed by atoms with Gasteiger partial charge in [-0.3, -0.25) is 4.57 Å². The minimum absolute atomic E-state index is 0.0278. The second kappa shape index (κ2) is 8.08. The van der Waals surface area contributed by atoms with Crippen LogP contribution >= 0.6 is 23.5 Å². The van der Waals surface area contributed by atoms with Crippen LogP contribution < -0.4 is 0 Å². The molecule has 2 amide bonds. The molecule has 1 aliphatic rings. The third-order valence-electron chi connectivity index (χ3n) is 4.04. The van der Waals surface area contributed by atoms with Crippen molar-refractivity contribution >= 4 is 35.5 Å². The Morgan fingerprint density at radius 2 is 2.00 bits per heavy atom. The van der Waals surface area contributed by atoms with Gasteiger partial charge in [0.25, 0.3) is 0 Å². The number of aliphatic carboxylic acids is 1. The summed E-state index contributed by atoms with van der Waals surface area (Å²) in [6.45, 7) is 3.83. The summed E-state index contributed by atoms with van der Waals surface area (Å²) in [5.74, 6) is -1.17. The van der Waals surface area contributed by atoms with Gasteiger partial charge in [0.2, 0.25) is 0 Å². The van der Waals surface area contributed by atoms with E-state index in [2.05, 4.69) is 15.9 Å². The van der Waals surface area contributed by atoms with Crippen molar-refractivity contribution in [2.45, 2.75) is 32.9 Å². The first-order valence-electron chi connectivity index (χ1n) is 8.08. The molecule has 0 aliphatic carbocycles. The van der Waals surface area contributed by atoms with Gasteiger partial charge in [-0.1, -0.05) is 35.8 Å². The maximum absolute atomic E-state index is 13.0. The van der Waals surface area contributed by atoms with Gasteiger partial charge in [0.1, 0.15) is 12.3 Å². The van der Waals surface area contributed by atoms with Gasteiger partial charge in [0, 0.05) is 24.0 Å². The Labute approximate surface area is 160 Å². The molecule has 1 aromatic rings. The molecule has 0 saturated heterocycles. The fraction of sp³-hybridized carbons (Fsp3) is 0.500. The fourth-order valence-electron chi connectivity index (χ4n) is 3.02. The number of halogens is 1. The zero-order chi connectivity index (χ0) is 19.6. The number of fused-ring (bicyclic) bond motifs is 1. The molecule has 0 bridgehead atoms. The van der Waals surface area contributed by atoms with E-state index in [4.69, 9.17) is 0 Å². The van der Waals surface area contributed by atoms with Crippen LogP contribution in [0.25, 0.3) is 0 Å². The first kappa shape index (κ1) is 20.9. The number of hydrogen-bond acceptors (Lipinski definition) is 3. The smallest absolute Gasteiger partial charge is 0.344 e. The van der Waals surface area contributed by atoms with E-state index in [9.17, 15) is 29.0 Å². The molecule has 8 nitrogen and oxygen atoms in total. The highest BCUT2D eigenvalue weighted by molar-refractivity contribution is 9.10. The number of nitrogens with zero attached hydrogens (tertiary/aromatic N) is 2. The number of benzene rings is 1. The van der Waals surface area contributed by atoms with E-state index in [1.807, 2.05) is 32.0 Å². The Morgan fingerprint density at radius 3 is 2.54 bits per heavy atom. The molecule has 1 atom stereocenters. The van der Waals surface area contributed by atoms with Crippen molar-refractivity contribution in [3.8, 4) is 0 Å². The number of carboxylic acids is 1. The van der Waals surface area contributed by atoms with Crippen LogP contribution in [0, 0.1) is 5.92 Å². The molecule has 0 radical (unpaired) electrons. The first-order valence-corrected chi connectivity index (χ1v) is 10.7. The Kier molecular flexibility index (Phi) is 6.50. The van der Waals surface area contributed by atoms with E-state index in [0.717, 1.165) is 20.5 Å². The summed E-state index contributed by atoms with van der Waals surface area (Å²) in [6.07, 6.45) is -0.590. The lowest BCUT2D eigenvalue weighted by Gasteiger charge is -2.38. The zero-order valence-corrected chi connectivity index (χ0v) is 17.0. The molecule has 0 aromatic heterocycles. The fourth-order valence-corrected chi connectivity index (χ4v) is 4.11. The SMILES string of the molecule is CC(C)CN(CP(=O)(O)O)C(=O)N1Cc2cc(Br)ccc2C[C@@H]1C(=O)O. The van der Waals surface area contributed by atoms with E-state index in [-0.39, 0.29) is 25.4 Å². The monoisotopic (exact) mass is 448 g/mol. The predicted molar refractivity (Wildman–Crippen MR) is 98.7 cm³/mol. The number of carbonyl (C=O) groups is 2. The molecule has 0 fully saturated rings. The van der Waals surface area contributed by atoms with E-state index < -0.39 is 31.9 Å². The number of carbonyl (C=O) groups excluding carboxylic acids is 1. The minimum Gasteiger partial charge on any atom is -0.480 e. The highest BCUT2D eigenvalue weighted by atomic mass is 79.9. The molecular weight excluding hydrogens is 427 g/mol. The molecule has 1 heterocycles. The second-order valence-electron chi connectivity index (χ2n) is 6.80. The largest absolute Gasteiger partial charge is 0.480 e. The molecule has 1 aromatic carbocycles. The van der Waals surface area contributed by atoms with Gasteiger partial charge in [-0.05, 0) is 29.2 Å². The summed E-state index contributed by atoms with van der Waals surface area (Å²) < 4.78 is 12.2. The van der Waals surface area contributed by atoms with Crippen molar-refractivity contribution in [2.75, 3.05) is 12.8 Å². The number of carboxylic acid groups (broad SMARTS) is 1. The molecule has 0 unspecified atom stereocenters. The van der Waals surface area contributed by atoms with Crippen LogP contribution in [0.15, 0.2) is 22.7 Å². The van der Waals surface area contributed by atoms with Crippen LogP contribution in [0.2, 0.25) is 0 Å². The highest BCUT2D eigenvalue weighted by Crippen LogP contribution is 2.36. The second-order valence-corrected chi connectivity index (χ2v) is 9.33. The van der Waals surface area contributed by atoms with Gasteiger partial charge in [-0.2, -0.15) is 0 Å². The Bertz CT molecular complexity index is 750. The van der Waals surface area contributed by atoms with E-state index in [1.54, 1.807) is 0 Å². The maximum atomic E-state index is 13.0. The lowest BCUT2D eigenvalue weighted by molar-refractivity contribution is -0.142. The van der Waals surface area contributed by atoms with Crippen LogP contribution in [0.4, 0.5) is 4.79 Å². The van der Waals surface area contributed by atoms with Crippen LogP contribution in [-0.2, 0) is 22.3 Å². The van der Waals surface area contributed by atoms with Gasteiger partial charge >= 0.3 is 19.6 Å². The third-order valence-corrected chi connectivity index (χ3v) is 5.24. The van der Waals surface area contributed by atoms with E-state index in [0.29, 0.717) is 0 Å². The van der Waals surface area contributed by atoms with Crippen LogP contribution in [-0.4, -0.2) is 55.6 Å². The summed E-state index contributed by atoms with van der Waals surface area (Å²) in [6, 6.07) is 3.69. The van der Waals surface area contributed by atoms with Crippen LogP contribution in [0.3, 0.4) is 0 Å². The molecule has 144 valence electrons. The Hall–Kier alpha value is -1.41. The molecular formula is C16H22BrN2O6P. The van der Waals surface area contributed by atoms with Gasteiger partial charge < -0.3 is 24.7 Å². The van der Waals surface area contributed by atoms with Crippen LogP contribution in [0.1, 0.15) is 25.0 Å². The molecule has 3 N–H and O–H groups in total. The number of urea groups is 1. The lowest BCUT2D eigenvalue weighted by atomic mass is 9.94. The number of rotatable bonds is 5. The predicted octanol–water partition coefficient (Wildman–Crippen LogP) is 2.47. The number of amides is 2. The normalized spacial score (nSPS) is 17.2. The lowest BCUT2D eigenvalue weighted by Crippen LogP contribution is -2.54. The molecule has 0 saturated carbocycles. The topological polar surface area (TPSA) is 118 Å². The third kappa shape index (κ3) is 5.30. The zero-order valence-electron chi connectivity index (χ0n) is 14.5. The summed E-state index contributed by atoms with van der Waals surface area (Å²) in [7, 11) is -4.48. The summed E-state index contributed by atoms with van der Waals surface area (Å²) in [4.78, 5) is 45.5. The minimum atomic E-state index is -4.48.